The monoisotopic (exact) mass is 219 g/mol. The predicted octanol–water partition coefficient (Wildman–Crippen LogP) is 1.83. The van der Waals surface area contributed by atoms with Crippen LogP contribution in [-0.4, -0.2) is 35.2 Å². The largest absolute Gasteiger partial charge is 0.480 e. The van der Waals surface area contributed by atoms with Crippen molar-refractivity contribution in [3.8, 4) is 0 Å². The molecule has 4 heteroatoms. The molecule has 0 heterocycles. The number of rotatable bonds is 8. The number of hydrogen-bond donors (Lipinski definition) is 2. The van der Waals surface area contributed by atoms with Crippen LogP contribution in [-0.2, 0) is 4.79 Å². The van der Waals surface area contributed by atoms with Crippen LogP contribution in [0.25, 0.3) is 0 Å². The summed E-state index contributed by atoms with van der Waals surface area (Å²) in [6.07, 6.45) is 1.16. The number of carboxylic acid groups (broad SMARTS) is 1. The second-order valence-corrected chi connectivity index (χ2v) is 4.86. The Morgan fingerprint density at radius 1 is 1.50 bits per heavy atom. The van der Waals surface area contributed by atoms with Crippen LogP contribution < -0.4 is 5.32 Å². The lowest BCUT2D eigenvalue weighted by Crippen LogP contribution is -2.38. The Balaban J connectivity index is 3.56. The highest BCUT2D eigenvalue weighted by molar-refractivity contribution is 7.99. The van der Waals surface area contributed by atoms with Gasteiger partial charge < -0.3 is 10.4 Å². The van der Waals surface area contributed by atoms with Crippen molar-refractivity contribution < 1.29 is 9.90 Å². The van der Waals surface area contributed by atoms with Crippen LogP contribution in [0.1, 0.15) is 27.2 Å². The zero-order chi connectivity index (χ0) is 11.0. The fraction of sp³-hybridized carbons (Fsp3) is 0.900. The van der Waals surface area contributed by atoms with Gasteiger partial charge in [-0.3, -0.25) is 4.79 Å². The molecule has 0 aliphatic heterocycles. The number of likely N-dealkylation sites (N-methyl/N-ethyl adjacent to an activating group) is 1. The van der Waals surface area contributed by atoms with E-state index in [0.717, 1.165) is 12.2 Å². The van der Waals surface area contributed by atoms with E-state index in [4.69, 9.17) is 5.11 Å². The smallest absolute Gasteiger partial charge is 0.321 e. The van der Waals surface area contributed by atoms with Crippen LogP contribution in [0.2, 0.25) is 0 Å². The molecule has 0 aliphatic carbocycles. The van der Waals surface area contributed by atoms with Gasteiger partial charge in [-0.05, 0) is 24.6 Å². The van der Waals surface area contributed by atoms with Gasteiger partial charge in [0, 0.05) is 5.75 Å². The molecule has 0 fully saturated rings. The lowest BCUT2D eigenvalue weighted by atomic mass is 10.2. The molecule has 2 N–H and O–H groups in total. The highest BCUT2D eigenvalue weighted by atomic mass is 32.2. The average Bonchev–Trinajstić information content (AvgIpc) is 2.09. The van der Waals surface area contributed by atoms with Crippen molar-refractivity contribution >= 4 is 17.7 Å². The zero-order valence-corrected chi connectivity index (χ0v) is 10.1. The molecule has 0 amide bonds. The van der Waals surface area contributed by atoms with Gasteiger partial charge >= 0.3 is 5.97 Å². The molecule has 0 bridgehead atoms. The quantitative estimate of drug-likeness (QED) is 0.611. The summed E-state index contributed by atoms with van der Waals surface area (Å²) in [6, 6.07) is -0.392. The first-order valence-electron chi connectivity index (χ1n) is 5.11. The summed E-state index contributed by atoms with van der Waals surface area (Å²) in [5.74, 6) is 1.66. The van der Waals surface area contributed by atoms with E-state index in [1.165, 1.54) is 0 Å². The molecular weight excluding hydrogens is 198 g/mol. The third-order valence-electron chi connectivity index (χ3n) is 1.87. The van der Waals surface area contributed by atoms with Gasteiger partial charge in [0.1, 0.15) is 6.04 Å². The summed E-state index contributed by atoms with van der Waals surface area (Å²) in [7, 11) is 0. The van der Waals surface area contributed by atoms with E-state index in [1.807, 2.05) is 6.92 Å². The first-order valence-corrected chi connectivity index (χ1v) is 6.27. The molecule has 0 rings (SSSR count). The Hall–Kier alpha value is -0.220. The van der Waals surface area contributed by atoms with E-state index in [9.17, 15) is 4.79 Å². The fourth-order valence-electron chi connectivity index (χ4n) is 0.984. The minimum Gasteiger partial charge on any atom is -0.480 e. The number of carbonyl (C=O) groups is 1. The molecule has 1 unspecified atom stereocenters. The van der Waals surface area contributed by atoms with Gasteiger partial charge in [0.15, 0.2) is 0 Å². The third-order valence-corrected chi connectivity index (χ3v) is 2.97. The van der Waals surface area contributed by atoms with Crippen molar-refractivity contribution in [2.24, 2.45) is 5.92 Å². The summed E-state index contributed by atoms with van der Waals surface area (Å²) in [6.45, 7) is 7.00. The van der Waals surface area contributed by atoms with E-state index in [0.29, 0.717) is 18.2 Å². The van der Waals surface area contributed by atoms with Crippen molar-refractivity contribution in [2.75, 3.05) is 18.1 Å². The van der Waals surface area contributed by atoms with Gasteiger partial charge in [0.05, 0.1) is 0 Å². The summed E-state index contributed by atoms with van der Waals surface area (Å²) >= 11 is 1.71. The third kappa shape index (κ3) is 7.21. The van der Waals surface area contributed by atoms with Crippen molar-refractivity contribution in [1.82, 2.24) is 5.32 Å². The molecule has 14 heavy (non-hydrogen) atoms. The number of carboxylic acids is 1. The summed E-state index contributed by atoms with van der Waals surface area (Å²) in [4.78, 5) is 10.7. The standard InChI is InChI=1S/C10H21NO2S/c1-4-11-9(10(12)13)7-14-6-5-8(2)3/h8-9,11H,4-7H2,1-3H3,(H,12,13). The second kappa shape index (κ2) is 8.12. The van der Waals surface area contributed by atoms with Crippen LogP contribution in [0.3, 0.4) is 0 Å². The number of nitrogens with one attached hydrogen (secondary N) is 1. The zero-order valence-electron chi connectivity index (χ0n) is 9.25. The average molecular weight is 219 g/mol. The Labute approximate surface area is 90.7 Å². The molecule has 0 spiro atoms. The Morgan fingerprint density at radius 2 is 2.14 bits per heavy atom. The maximum Gasteiger partial charge on any atom is 0.321 e. The lowest BCUT2D eigenvalue weighted by molar-refractivity contribution is -0.138. The fourth-order valence-corrected chi connectivity index (χ4v) is 2.29. The van der Waals surface area contributed by atoms with Gasteiger partial charge in [0.25, 0.3) is 0 Å². The first-order chi connectivity index (χ1) is 6.57. The highest BCUT2D eigenvalue weighted by Gasteiger charge is 2.15. The van der Waals surface area contributed by atoms with Crippen LogP contribution in [0.5, 0.6) is 0 Å². The second-order valence-electron chi connectivity index (χ2n) is 3.71. The van der Waals surface area contributed by atoms with E-state index in [2.05, 4.69) is 19.2 Å². The van der Waals surface area contributed by atoms with Crippen molar-refractivity contribution in [3.05, 3.63) is 0 Å². The van der Waals surface area contributed by atoms with Gasteiger partial charge in [-0.25, -0.2) is 0 Å². The van der Waals surface area contributed by atoms with E-state index in [1.54, 1.807) is 11.8 Å². The molecule has 0 aromatic carbocycles. The summed E-state index contributed by atoms with van der Waals surface area (Å²) in [5.41, 5.74) is 0. The van der Waals surface area contributed by atoms with Crippen molar-refractivity contribution in [3.63, 3.8) is 0 Å². The predicted molar refractivity (Wildman–Crippen MR) is 61.9 cm³/mol. The maximum absolute atomic E-state index is 10.7. The Bertz CT molecular complexity index is 162. The SMILES string of the molecule is CCNC(CSCCC(C)C)C(=O)O. The number of aliphatic carboxylic acids is 1. The molecular formula is C10H21NO2S. The number of thioether (sulfide) groups is 1. The molecule has 84 valence electrons. The van der Waals surface area contributed by atoms with Gasteiger partial charge in [-0.15, -0.1) is 0 Å². The first kappa shape index (κ1) is 13.8. The van der Waals surface area contributed by atoms with E-state index < -0.39 is 12.0 Å². The topological polar surface area (TPSA) is 49.3 Å². The molecule has 3 nitrogen and oxygen atoms in total. The van der Waals surface area contributed by atoms with Crippen molar-refractivity contribution in [2.45, 2.75) is 33.2 Å². The summed E-state index contributed by atoms with van der Waals surface area (Å²) < 4.78 is 0. The van der Waals surface area contributed by atoms with Crippen LogP contribution in [0.15, 0.2) is 0 Å². The van der Waals surface area contributed by atoms with Gasteiger partial charge in [-0.1, -0.05) is 20.8 Å². The van der Waals surface area contributed by atoms with Crippen LogP contribution >= 0.6 is 11.8 Å². The molecule has 0 aromatic rings. The Morgan fingerprint density at radius 3 is 2.57 bits per heavy atom. The molecule has 0 saturated carbocycles. The van der Waals surface area contributed by atoms with Crippen LogP contribution in [0, 0.1) is 5.92 Å². The molecule has 1 atom stereocenters. The normalized spacial score (nSPS) is 13.1. The molecule has 0 radical (unpaired) electrons. The van der Waals surface area contributed by atoms with Crippen LogP contribution in [0.4, 0.5) is 0 Å². The Kier molecular flexibility index (Phi) is 7.99. The molecule has 0 aromatic heterocycles. The van der Waals surface area contributed by atoms with E-state index in [-0.39, 0.29) is 0 Å². The molecule has 0 saturated heterocycles. The minimum atomic E-state index is -0.746. The summed E-state index contributed by atoms with van der Waals surface area (Å²) in [5, 5.41) is 11.8. The minimum absolute atomic E-state index is 0.392. The van der Waals surface area contributed by atoms with Gasteiger partial charge in [-0.2, -0.15) is 11.8 Å². The van der Waals surface area contributed by atoms with Crippen molar-refractivity contribution in [1.29, 1.82) is 0 Å². The highest BCUT2D eigenvalue weighted by Crippen LogP contribution is 2.10. The maximum atomic E-state index is 10.7. The number of hydrogen-bond acceptors (Lipinski definition) is 3. The lowest BCUT2D eigenvalue weighted by Gasteiger charge is -2.12. The van der Waals surface area contributed by atoms with Gasteiger partial charge in [0.2, 0.25) is 0 Å². The van der Waals surface area contributed by atoms with E-state index >= 15 is 0 Å². The molecule has 0 aliphatic rings.